The molecule has 1 aliphatic rings. The van der Waals surface area contributed by atoms with Crippen molar-refractivity contribution >= 4 is 11.9 Å². The maximum atomic E-state index is 12.1. The van der Waals surface area contributed by atoms with E-state index in [1.54, 1.807) is 12.1 Å². The van der Waals surface area contributed by atoms with E-state index in [9.17, 15) is 9.59 Å². The fraction of sp³-hybridized carbons (Fsp3) is 0.579. The van der Waals surface area contributed by atoms with Gasteiger partial charge in [-0.05, 0) is 55.7 Å². The maximum absolute atomic E-state index is 12.1. The van der Waals surface area contributed by atoms with Gasteiger partial charge in [-0.2, -0.15) is 0 Å². The summed E-state index contributed by atoms with van der Waals surface area (Å²) < 4.78 is 10.4. The van der Waals surface area contributed by atoms with Crippen LogP contribution in [0.3, 0.4) is 0 Å². The molecule has 0 spiro atoms. The second kappa shape index (κ2) is 11.5. The van der Waals surface area contributed by atoms with Crippen molar-refractivity contribution in [1.82, 2.24) is 5.32 Å². The van der Waals surface area contributed by atoms with Crippen molar-refractivity contribution < 1.29 is 55.2 Å². The van der Waals surface area contributed by atoms with Crippen LogP contribution in [0, 0.1) is 5.92 Å². The number of nitrogens with one attached hydrogen (secondary N) is 1. The van der Waals surface area contributed by atoms with Gasteiger partial charge in [-0.1, -0.05) is 13.0 Å². The van der Waals surface area contributed by atoms with E-state index >= 15 is 0 Å². The van der Waals surface area contributed by atoms with Gasteiger partial charge in [-0.25, -0.2) is 4.79 Å². The third-order valence-electron chi connectivity index (χ3n) is 4.60. The molecule has 2 rings (SSSR count). The summed E-state index contributed by atoms with van der Waals surface area (Å²) >= 11 is 0. The number of aryl methyl sites for hydroxylation is 1. The summed E-state index contributed by atoms with van der Waals surface area (Å²) in [6, 6.07) is 5.60. The molecule has 0 unspecified atom stereocenters. The minimum Gasteiger partial charge on any atom is -1.00 e. The van der Waals surface area contributed by atoms with Crippen LogP contribution in [0.2, 0.25) is 0 Å². The number of methoxy groups -OCH3 is 1. The van der Waals surface area contributed by atoms with E-state index in [2.05, 4.69) is 12.2 Å². The van der Waals surface area contributed by atoms with Gasteiger partial charge in [0.05, 0.1) is 7.11 Å². The third-order valence-corrected chi connectivity index (χ3v) is 4.60. The van der Waals surface area contributed by atoms with E-state index in [0.29, 0.717) is 30.4 Å². The average molecular weight is 373 g/mol. The van der Waals surface area contributed by atoms with Crippen molar-refractivity contribution in [3.05, 3.63) is 23.8 Å². The SMILES string of the molecule is COc1cc(CCC(=O)NC2CCC(C)CC2)ccc1OCC(=O)O.[H-].[Na+]. The smallest absolute Gasteiger partial charge is 1.00 e. The first-order valence-corrected chi connectivity index (χ1v) is 8.78. The quantitative estimate of drug-likeness (QED) is 0.622. The molecule has 0 heterocycles. The number of carboxylic acids is 1. The van der Waals surface area contributed by atoms with E-state index in [4.69, 9.17) is 14.6 Å². The molecule has 0 radical (unpaired) electrons. The number of hydrogen-bond acceptors (Lipinski definition) is 4. The first-order chi connectivity index (χ1) is 12.0. The second-order valence-electron chi connectivity index (χ2n) is 6.69. The van der Waals surface area contributed by atoms with Gasteiger partial charge in [0, 0.05) is 12.5 Å². The first kappa shape index (κ1) is 22.8. The Kier molecular flexibility index (Phi) is 10.1. The van der Waals surface area contributed by atoms with Gasteiger partial charge in [0.1, 0.15) is 0 Å². The Hall–Kier alpha value is -1.24. The molecule has 1 aromatic rings. The second-order valence-corrected chi connectivity index (χ2v) is 6.69. The van der Waals surface area contributed by atoms with Crippen LogP contribution in [0.25, 0.3) is 0 Å². The van der Waals surface area contributed by atoms with Gasteiger partial charge in [0.25, 0.3) is 0 Å². The van der Waals surface area contributed by atoms with Gasteiger partial charge in [-0.15, -0.1) is 0 Å². The van der Waals surface area contributed by atoms with E-state index in [1.807, 2.05) is 6.07 Å². The summed E-state index contributed by atoms with van der Waals surface area (Å²) in [7, 11) is 1.50. The molecular formula is C19H28NNaO5. The van der Waals surface area contributed by atoms with E-state index in [0.717, 1.165) is 24.3 Å². The van der Waals surface area contributed by atoms with Crippen LogP contribution in [0.4, 0.5) is 0 Å². The Balaban J connectivity index is 0.00000338. The molecule has 140 valence electrons. The maximum Gasteiger partial charge on any atom is 1.00 e. The standard InChI is InChI=1S/C19H27NO5.Na.H/c1-13-3-7-15(8-4-13)20-18(21)10-6-14-5-9-16(17(11-14)24-2)25-12-19(22)23;;/h5,9,11,13,15H,3-4,6-8,10,12H2,1-2H3,(H,20,21)(H,22,23);;/q;+1;-1. The van der Waals surface area contributed by atoms with Gasteiger partial charge >= 0.3 is 35.5 Å². The Labute approximate surface area is 178 Å². The van der Waals surface area contributed by atoms with Crippen LogP contribution >= 0.6 is 0 Å². The number of ether oxygens (including phenoxy) is 2. The number of hydrogen-bond donors (Lipinski definition) is 2. The monoisotopic (exact) mass is 373 g/mol. The predicted molar refractivity (Wildman–Crippen MR) is 95.1 cm³/mol. The number of carbonyl (C=O) groups is 2. The molecule has 1 fully saturated rings. The summed E-state index contributed by atoms with van der Waals surface area (Å²) in [5, 5.41) is 11.8. The Morgan fingerprint density at radius 2 is 1.92 bits per heavy atom. The molecule has 1 aromatic carbocycles. The van der Waals surface area contributed by atoms with E-state index in [-0.39, 0.29) is 36.9 Å². The number of rotatable bonds is 8. The fourth-order valence-corrected chi connectivity index (χ4v) is 3.09. The molecule has 0 atom stereocenters. The van der Waals surface area contributed by atoms with Gasteiger partial charge in [0.2, 0.25) is 5.91 Å². The number of benzene rings is 1. The minimum atomic E-state index is -1.04. The molecule has 26 heavy (non-hydrogen) atoms. The van der Waals surface area contributed by atoms with Gasteiger partial charge in [-0.3, -0.25) is 4.79 Å². The normalized spacial score (nSPS) is 19.2. The van der Waals surface area contributed by atoms with E-state index < -0.39 is 12.6 Å². The van der Waals surface area contributed by atoms with Crippen molar-refractivity contribution in [2.75, 3.05) is 13.7 Å². The van der Waals surface area contributed by atoms with Crippen LogP contribution in [0.1, 0.15) is 46.0 Å². The predicted octanol–water partition coefficient (Wildman–Crippen LogP) is -0.0974. The van der Waals surface area contributed by atoms with E-state index in [1.165, 1.54) is 20.0 Å². The number of aliphatic carboxylic acids is 1. The van der Waals surface area contributed by atoms with Crippen LogP contribution < -0.4 is 44.3 Å². The minimum absolute atomic E-state index is 0. The summed E-state index contributed by atoms with van der Waals surface area (Å²) in [4.78, 5) is 22.7. The van der Waals surface area contributed by atoms with Crippen molar-refractivity contribution in [1.29, 1.82) is 0 Å². The van der Waals surface area contributed by atoms with Crippen LogP contribution in [0.5, 0.6) is 11.5 Å². The third kappa shape index (κ3) is 7.56. The number of amides is 1. The summed E-state index contributed by atoms with van der Waals surface area (Å²) in [6.07, 6.45) is 5.52. The Morgan fingerprint density at radius 1 is 1.23 bits per heavy atom. The molecule has 0 saturated heterocycles. The molecule has 0 aromatic heterocycles. The Morgan fingerprint density at radius 3 is 2.54 bits per heavy atom. The zero-order chi connectivity index (χ0) is 18.2. The van der Waals surface area contributed by atoms with Crippen molar-refractivity contribution in [2.45, 2.75) is 51.5 Å². The zero-order valence-electron chi connectivity index (χ0n) is 16.9. The fourth-order valence-electron chi connectivity index (χ4n) is 3.09. The Bertz CT molecular complexity index is 606. The molecule has 0 bridgehead atoms. The van der Waals surface area contributed by atoms with Gasteiger partial charge < -0.3 is 21.3 Å². The van der Waals surface area contributed by atoms with Crippen LogP contribution in [-0.2, 0) is 16.0 Å². The summed E-state index contributed by atoms with van der Waals surface area (Å²) in [5.41, 5.74) is 0.951. The summed E-state index contributed by atoms with van der Waals surface area (Å²) in [6.45, 7) is 1.84. The van der Waals surface area contributed by atoms with Crippen LogP contribution in [-0.4, -0.2) is 36.7 Å². The molecule has 1 amide bonds. The molecule has 0 aliphatic heterocycles. The molecule has 1 saturated carbocycles. The van der Waals surface area contributed by atoms with Crippen molar-refractivity contribution in [3.8, 4) is 11.5 Å². The molecular weight excluding hydrogens is 345 g/mol. The van der Waals surface area contributed by atoms with Crippen molar-refractivity contribution in [2.24, 2.45) is 5.92 Å². The summed E-state index contributed by atoms with van der Waals surface area (Å²) in [5.74, 6) is 0.655. The molecule has 2 N–H and O–H groups in total. The van der Waals surface area contributed by atoms with Crippen LogP contribution in [0.15, 0.2) is 18.2 Å². The first-order valence-electron chi connectivity index (χ1n) is 8.78. The topological polar surface area (TPSA) is 84.9 Å². The molecule has 6 nitrogen and oxygen atoms in total. The molecule has 7 heteroatoms. The molecule has 1 aliphatic carbocycles. The van der Waals surface area contributed by atoms with Gasteiger partial charge in [0.15, 0.2) is 18.1 Å². The number of carboxylic acid groups (broad SMARTS) is 1. The number of carbonyl (C=O) groups excluding carboxylic acids is 1. The average Bonchev–Trinajstić information content (AvgIpc) is 2.60. The zero-order valence-corrected chi connectivity index (χ0v) is 17.9. The largest absolute Gasteiger partial charge is 1.00 e. The van der Waals surface area contributed by atoms with Crippen molar-refractivity contribution in [3.63, 3.8) is 0 Å².